The summed E-state index contributed by atoms with van der Waals surface area (Å²) >= 11 is 0. The van der Waals surface area contributed by atoms with Crippen LogP contribution in [0.1, 0.15) is 29.4 Å². The van der Waals surface area contributed by atoms with Gasteiger partial charge in [0.15, 0.2) is 11.5 Å². The Morgan fingerprint density at radius 3 is 2.79 bits per heavy atom. The third kappa shape index (κ3) is 3.73. The number of nitrogens with one attached hydrogen (secondary N) is 1. The summed E-state index contributed by atoms with van der Waals surface area (Å²) in [7, 11) is 4.13. The highest BCUT2D eigenvalue weighted by Crippen LogP contribution is 2.37. The molecule has 1 aromatic carbocycles. The first-order valence-corrected chi connectivity index (χ1v) is 11.4. The molecule has 0 spiro atoms. The van der Waals surface area contributed by atoms with Gasteiger partial charge in [-0.25, -0.2) is 9.37 Å². The Morgan fingerprint density at radius 2 is 2.09 bits per heavy atom. The number of amides is 1. The molecule has 0 unspecified atom stereocenters. The monoisotopic (exact) mass is 465 g/mol. The second kappa shape index (κ2) is 8.28. The molecule has 4 heterocycles. The second-order valence-electron chi connectivity index (χ2n) is 9.03. The quantitative estimate of drug-likeness (QED) is 0.470. The Hall–Kier alpha value is -3.66. The molecule has 5 rings (SSSR count). The number of pyridine rings is 1. The van der Waals surface area contributed by atoms with Gasteiger partial charge in [0.05, 0.1) is 17.1 Å². The molecule has 1 aliphatic rings. The van der Waals surface area contributed by atoms with Crippen molar-refractivity contribution in [3.05, 3.63) is 47.8 Å². The van der Waals surface area contributed by atoms with Gasteiger partial charge in [-0.1, -0.05) is 0 Å². The van der Waals surface area contributed by atoms with Crippen LogP contribution in [0.5, 0.6) is 5.75 Å². The molecule has 0 aliphatic carbocycles. The number of likely N-dealkylation sites (N-methyl/N-ethyl adjacent to an activating group) is 1. The van der Waals surface area contributed by atoms with Gasteiger partial charge in [0.25, 0.3) is 5.91 Å². The molecule has 9 nitrogen and oxygen atoms in total. The van der Waals surface area contributed by atoms with Gasteiger partial charge >= 0.3 is 0 Å². The minimum absolute atomic E-state index is 0.0663. The average Bonchev–Trinajstić information content (AvgIpc) is 3.50. The van der Waals surface area contributed by atoms with Gasteiger partial charge in [-0.15, -0.1) is 0 Å². The number of hydrogen-bond acceptors (Lipinski definition) is 6. The van der Waals surface area contributed by atoms with E-state index in [-0.39, 0.29) is 22.6 Å². The van der Waals surface area contributed by atoms with E-state index < -0.39 is 11.7 Å². The smallest absolute Gasteiger partial charge is 0.261 e. The van der Waals surface area contributed by atoms with E-state index in [9.17, 15) is 14.3 Å². The summed E-state index contributed by atoms with van der Waals surface area (Å²) in [6.07, 6.45) is 6.19. The van der Waals surface area contributed by atoms with Crippen LogP contribution in [0.15, 0.2) is 30.7 Å². The summed E-state index contributed by atoms with van der Waals surface area (Å²) in [6.45, 7) is 6.04. The number of phenolic OH excluding ortho intramolecular Hbond substituents is 1. The number of carbonyl (C=O) groups excluding carboxylic acids is 1. The van der Waals surface area contributed by atoms with Crippen molar-refractivity contribution in [2.75, 3.05) is 37.4 Å². The van der Waals surface area contributed by atoms with E-state index in [4.69, 9.17) is 0 Å². The Kier molecular flexibility index (Phi) is 5.40. The Morgan fingerprint density at radius 1 is 1.29 bits per heavy atom. The second-order valence-corrected chi connectivity index (χ2v) is 9.03. The van der Waals surface area contributed by atoms with Crippen LogP contribution in [0.3, 0.4) is 0 Å². The number of anilines is 2. The highest BCUT2D eigenvalue weighted by atomic mass is 19.1. The standard InChI is InChI=1S/C24H28FN7O2/c1-5-32-13-17-19(30-7-6-16(12-30)29(3)4)9-20(33)21(22(17)28-32)24(34)27-15-8-18(25)23-26-14(2)10-31(23)11-15/h8-11,13,16,33H,5-7,12H2,1-4H3,(H,27,34)/t16-/m0/s1. The van der Waals surface area contributed by atoms with E-state index in [1.807, 2.05) is 13.1 Å². The van der Waals surface area contributed by atoms with Crippen molar-refractivity contribution in [1.29, 1.82) is 0 Å². The molecule has 0 radical (unpaired) electrons. The van der Waals surface area contributed by atoms with Crippen LogP contribution in [-0.4, -0.2) is 68.3 Å². The molecule has 1 amide bonds. The maximum atomic E-state index is 14.5. The normalized spacial score (nSPS) is 16.3. The number of rotatable bonds is 5. The molecule has 1 fully saturated rings. The van der Waals surface area contributed by atoms with Gasteiger partial charge < -0.3 is 24.6 Å². The lowest BCUT2D eigenvalue weighted by molar-refractivity contribution is 0.102. The topological polar surface area (TPSA) is 90.9 Å². The lowest BCUT2D eigenvalue weighted by atomic mass is 10.1. The molecule has 3 aromatic heterocycles. The Labute approximate surface area is 196 Å². The molecule has 178 valence electrons. The lowest BCUT2D eigenvalue weighted by Gasteiger charge is -2.23. The van der Waals surface area contributed by atoms with Gasteiger partial charge in [-0.05, 0) is 34.4 Å². The first-order chi connectivity index (χ1) is 16.2. The summed E-state index contributed by atoms with van der Waals surface area (Å²) in [5.41, 5.74) is 2.45. The van der Waals surface area contributed by atoms with Gasteiger partial charge in [0.2, 0.25) is 0 Å². The number of fused-ring (bicyclic) bond motifs is 2. The third-order valence-corrected chi connectivity index (χ3v) is 6.47. The number of phenols is 1. The van der Waals surface area contributed by atoms with Gasteiger partial charge in [-0.3, -0.25) is 9.48 Å². The van der Waals surface area contributed by atoms with E-state index in [0.717, 1.165) is 30.6 Å². The fourth-order valence-electron chi connectivity index (χ4n) is 4.67. The zero-order chi connectivity index (χ0) is 24.1. The first-order valence-electron chi connectivity index (χ1n) is 11.4. The number of halogens is 1. The maximum absolute atomic E-state index is 14.5. The Bertz CT molecular complexity index is 1410. The number of nitrogens with zero attached hydrogens (tertiary/aromatic N) is 6. The number of carbonyl (C=O) groups is 1. The molecule has 34 heavy (non-hydrogen) atoms. The molecule has 0 saturated carbocycles. The van der Waals surface area contributed by atoms with Crippen LogP contribution in [0, 0.1) is 12.7 Å². The van der Waals surface area contributed by atoms with Crippen LogP contribution in [0.25, 0.3) is 16.6 Å². The largest absolute Gasteiger partial charge is 0.507 e. The van der Waals surface area contributed by atoms with Crippen molar-refractivity contribution in [3.63, 3.8) is 0 Å². The summed E-state index contributed by atoms with van der Waals surface area (Å²) in [6, 6.07) is 3.27. The summed E-state index contributed by atoms with van der Waals surface area (Å²) in [4.78, 5) is 21.8. The van der Waals surface area contributed by atoms with Crippen molar-refractivity contribution >= 4 is 33.8 Å². The summed E-state index contributed by atoms with van der Waals surface area (Å²) in [5.74, 6) is -1.26. The molecule has 10 heteroatoms. The number of hydrogen-bond donors (Lipinski definition) is 2. The van der Waals surface area contributed by atoms with Crippen molar-refractivity contribution in [2.45, 2.75) is 32.9 Å². The molecule has 1 atom stereocenters. The van der Waals surface area contributed by atoms with Crippen molar-refractivity contribution in [3.8, 4) is 5.75 Å². The van der Waals surface area contributed by atoms with Crippen LogP contribution in [0.2, 0.25) is 0 Å². The van der Waals surface area contributed by atoms with Gasteiger partial charge in [0.1, 0.15) is 16.8 Å². The molecule has 1 saturated heterocycles. The third-order valence-electron chi connectivity index (χ3n) is 6.47. The Balaban J connectivity index is 1.54. The van der Waals surface area contributed by atoms with Crippen LogP contribution < -0.4 is 10.2 Å². The minimum Gasteiger partial charge on any atom is -0.507 e. The molecular weight excluding hydrogens is 437 g/mol. The highest BCUT2D eigenvalue weighted by molar-refractivity contribution is 6.16. The molecule has 1 aliphatic heterocycles. The fraction of sp³-hybridized carbons (Fsp3) is 0.375. The average molecular weight is 466 g/mol. The predicted octanol–water partition coefficient (Wildman–Crippen LogP) is 3.25. The zero-order valence-corrected chi connectivity index (χ0v) is 19.7. The summed E-state index contributed by atoms with van der Waals surface area (Å²) in [5, 5.41) is 19.0. The van der Waals surface area contributed by atoms with E-state index >= 15 is 0 Å². The van der Waals surface area contributed by atoms with Gasteiger partial charge in [0, 0.05) is 61.8 Å². The van der Waals surface area contributed by atoms with Crippen LogP contribution >= 0.6 is 0 Å². The van der Waals surface area contributed by atoms with Crippen molar-refractivity contribution < 1.29 is 14.3 Å². The van der Waals surface area contributed by atoms with E-state index in [2.05, 4.69) is 39.3 Å². The fourth-order valence-corrected chi connectivity index (χ4v) is 4.67. The van der Waals surface area contributed by atoms with Crippen LogP contribution in [-0.2, 0) is 6.54 Å². The van der Waals surface area contributed by atoms with E-state index in [1.165, 1.54) is 10.5 Å². The van der Waals surface area contributed by atoms with Gasteiger partial charge in [-0.2, -0.15) is 5.10 Å². The lowest BCUT2D eigenvalue weighted by Crippen LogP contribution is -2.31. The molecule has 0 bridgehead atoms. The molecule has 4 aromatic rings. The number of imidazole rings is 1. The first kappa shape index (κ1) is 22.1. The number of aromatic nitrogens is 4. The van der Waals surface area contributed by atoms with Crippen LogP contribution in [0.4, 0.5) is 15.8 Å². The number of benzene rings is 1. The number of aryl methyl sites for hydroxylation is 2. The van der Waals surface area contributed by atoms with Crippen molar-refractivity contribution in [2.24, 2.45) is 0 Å². The predicted molar refractivity (Wildman–Crippen MR) is 129 cm³/mol. The highest BCUT2D eigenvalue weighted by Gasteiger charge is 2.29. The van der Waals surface area contributed by atoms with Crippen molar-refractivity contribution in [1.82, 2.24) is 24.1 Å². The zero-order valence-electron chi connectivity index (χ0n) is 19.7. The van der Waals surface area contributed by atoms with E-state index in [0.29, 0.717) is 23.8 Å². The maximum Gasteiger partial charge on any atom is 0.261 e. The van der Waals surface area contributed by atoms with E-state index in [1.54, 1.807) is 30.1 Å². The SMILES string of the molecule is CCn1cc2c(N3CC[C@H](N(C)C)C3)cc(O)c(C(=O)Nc3cc(F)c4nc(C)cn4c3)c2n1. The molecule has 2 N–H and O–H groups in total. The molecular formula is C24H28FN7O2. The summed E-state index contributed by atoms with van der Waals surface area (Å²) < 4.78 is 17.8. The minimum atomic E-state index is -0.557. The number of aromatic hydroxyl groups is 1.